The van der Waals surface area contributed by atoms with E-state index in [9.17, 15) is 5.11 Å². The first-order valence-electron chi connectivity index (χ1n) is 5.82. The molecule has 1 aromatic carbocycles. The Hall–Kier alpha value is -0.670. The third kappa shape index (κ3) is 2.20. The van der Waals surface area contributed by atoms with Gasteiger partial charge in [0.2, 0.25) is 0 Å². The summed E-state index contributed by atoms with van der Waals surface area (Å²) in [5, 5.41) is 10.0. The van der Waals surface area contributed by atoms with Crippen LogP contribution in [-0.4, -0.2) is 11.4 Å². The number of phenolic OH excluding ortho intramolecular Hbond substituents is 1. The highest BCUT2D eigenvalue weighted by Crippen LogP contribution is 2.39. The summed E-state index contributed by atoms with van der Waals surface area (Å²) in [7, 11) is 0. The summed E-state index contributed by atoms with van der Waals surface area (Å²) in [5.41, 5.74) is 7.02. The van der Waals surface area contributed by atoms with Crippen LogP contribution in [0.15, 0.2) is 23.1 Å². The molecule has 1 aromatic rings. The van der Waals surface area contributed by atoms with Gasteiger partial charge in [0.1, 0.15) is 5.75 Å². The monoisotopic (exact) mass is 237 g/mol. The van der Waals surface area contributed by atoms with Crippen LogP contribution in [0, 0.1) is 0 Å². The Bertz CT molecular complexity index is 372. The van der Waals surface area contributed by atoms with Gasteiger partial charge in [0.05, 0.1) is 0 Å². The molecule has 3 N–H and O–H groups in total. The van der Waals surface area contributed by atoms with Crippen LogP contribution in [0.1, 0.15) is 37.7 Å². The number of phenols is 1. The van der Waals surface area contributed by atoms with Crippen molar-refractivity contribution < 1.29 is 5.11 Å². The average molecular weight is 237 g/mol. The molecule has 1 aliphatic rings. The number of aromatic hydroxyl groups is 1. The van der Waals surface area contributed by atoms with E-state index in [-0.39, 0.29) is 5.54 Å². The molecule has 88 valence electrons. The molecule has 1 aliphatic carbocycles. The van der Waals surface area contributed by atoms with Gasteiger partial charge in [-0.3, -0.25) is 0 Å². The summed E-state index contributed by atoms with van der Waals surface area (Å²) >= 11 is 1.64. The molecule has 2 nitrogen and oxygen atoms in total. The predicted molar refractivity (Wildman–Crippen MR) is 68.8 cm³/mol. The van der Waals surface area contributed by atoms with Crippen LogP contribution in [0.4, 0.5) is 0 Å². The lowest BCUT2D eigenvalue weighted by Crippen LogP contribution is -2.38. The van der Waals surface area contributed by atoms with E-state index in [0.717, 1.165) is 23.3 Å². The highest BCUT2D eigenvalue weighted by atomic mass is 32.2. The summed E-state index contributed by atoms with van der Waals surface area (Å²) in [4.78, 5) is 1.08. The van der Waals surface area contributed by atoms with Crippen LogP contribution in [-0.2, 0) is 5.54 Å². The molecule has 16 heavy (non-hydrogen) atoms. The molecular formula is C13H19NOS. The third-order valence-electron chi connectivity index (χ3n) is 3.49. The van der Waals surface area contributed by atoms with Crippen molar-refractivity contribution in [1.29, 1.82) is 0 Å². The fourth-order valence-corrected chi connectivity index (χ4v) is 2.95. The number of benzene rings is 1. The quantitative estimate of drug-likeness (QED) is 0.776. The van der Waals surface area contributed by atoms with E-state index in [1.54, 1.807) is 11.8 Å². The average Bonchev–Trinajstić information content (AvgIpc) is 2.29. The Morgan fingerprint density at radius 3 is 2.50 bits per heavy atom. The molecule has 0 saturated heterocycles. The largest absolute Gasteiger partial charge is 0.508 e. The van der Waals surface area contributed by atoms with Crippen molar-refractivity contribution in [2.75, 3.05) is 6.26 Å². The van der Waals surface area contributed by atoms with E-state index in [4.69, 9.17) is 5.73 Å². The third-order valence-corrected chi connectivity index (χ3v) is 4.21. The minimum Gasteiger partial charge on any atom is -0.508 e. The summed E-state index contributed by atoms with van der Waals surface area (Å²) in [6, 6.07) is 5.86. The van der Waals surface area contributed by atoms with Crippen molar-refractivity contribution in [1.82, 2.24) is 0 Å². The first-order chi connectivity index (χ1) is 7.65. The molecular weight excluding hydrogens is 218 g/mol. The van der Waals surface area contributed by atoms with E-state index in [0.29, 0.717) is 5.75 Å². The second kappa shape index (κ2) is 4.68. The topological polar surface area (TPSA) is 46.2 Å². The molecule has 1 fully saturated rings. The van der Waals surface area contributed by atoms with Gasteiger partial charge in [-0.15, -0.1) is 11.8 Å². The zero-order chi connectivity index (χ0) is 11.6. The van der Waals surface area contributed by atoms with Gasteiger partial charge in [0, 0.05) is 16.0 Å². The van der Waals surface area contributed by atoms with Crippen molar-refractivity contribution in [3.63, 3.8) is 0 Å². The number of thioether (sulfide) groups is 1. The van der Waals surface area contributed by atoms with Gasteiger partial charge in [-0.25, -0.2) is 0 Å². The van der Waals surface area contributed by atoms with E-state index < -0.39 is 0 Å². The molecule has 0 bridgehead atoms. The maximum absolute atomic E-state index is 10.0. The standard InChI is InChI=1S/C13H19NOS/c1-16-10-5-6-11(12(15)9-10)13(14)7-3-2-4-8-13/h5-6,9,15H,2-4,7-8,14H2,1H3. The Morgan fingerprint density at radius 2 is 1.94 bits per heavy atom. The van der Waals surface area contributed by atoms with Crippen LogP contribution >= 0.6 is 11.8 Å². The minimum atomic E-state index is -0.306. The maximum Gasteiger partial charge on any atom is 0.121 e. The molecule has 3 heteroatoms. The lowest BCUT2D eigenvalue weighted by Gasteiger charge is -2.34. The summed E-state index contributed by atoms with van der Waals surface area (Å²) in [5.74, 6) is 0.358. The highest BCUT2D eigenvalue weighted by molar-refractivity contribution is 7.98. The van der Waals surface area contributed by atoms with Crippen molar-refractivity contribution in [3.05, 3.63) is 23.8 Å². The molecule has 0 aromatic heterocycles. The van der Waals surface area contributed by atoms with Crippen molar-refractivity contribution in [2.24, 2.45) is 5.73 Å². The SMILES string of the molecule is CSc1ccc(C2(N)CCCCC2)c(O)c1. The van der Waals surface area contributed by atoms with Gasteiger partial charge in [-0.1, -0.05) is 25.3 Å². The molecule has 0 heterocycles. The Kier molecular flexibility index (Phi) is 3.45. The Morgan fingerprint density at radius 1 is 1.25 bits per heavy atom. The molecule has 0 unspecified atom stereocenters. The van der Waals surface area contributed by atoms with E-state index in [2.05, 4.69) is 0 Å². The van der Waals surface area contributed by atoms with Crippen LogP contribution in [0.3, 0.4) is 0 Å². The van der Waals surface area contributed by atoms with Crippen molar-refractivity contribution in [2.45, 2.75) is 42.5 Å². The lowest BCUT2D eigenvalue weighted by molar-refractivity contribution is 0.292. The fraction of sp³-hybridized carbons (Fsp3) is 0.538. The summed E-state index contributed by atoms with van der Waals surface area (Å²) < 4.78 is 0. The zero-order valence-electron chi connectivity index (χ0n) is 9.70. The molecule has 1 saturated carbocycles. The molecule has 0 amide bonds. The highest BCUT2D eigenvalue weighted by Gasteiger charge is 2.31. The second-order valence-electron chi connectivity index (χ2n) is 4.60. The van der Waals surface area contributed by atoms with Crippen LogP contribution in [0.5, 0.6) is 5.75 Å². The smallest absolute Gasteiger partial charge is 0.121 e. The fourth-order valence-electron chi connectivity index (χ4n) is 2.51. The van der Waals surface area contributed by atoms with Gasteiger partial charge in [0.15, 0.2) is 0 Å². The van der Waals surface area contributed by atoms with Crippen LogP contribution < -0.4 is 5.73 Å². The van der Waals surface area contributed by atoms with E-state index in [1.165, 1.54) is 19.3 Å². The molecule has 0 atom stereocenters. The number of nitrogens with two attached hydrogens (primary N) is 1. The van der Waals surface area contributed by atoms with Gasteiger partial charge >= 0.3 is 0 Å². The molecule has 2 rings (SSSR count). The van der Waals surface area contributed by atoms with Gasteiger partial charge < -0.3 is 10.8 Å². The van der Waals surface area contributed by atoms with Gasteiger partial charge in [0.25, 0.3) is 0 Å². The van der Waals surface area contributed by atoms with E-state index >= 15 is 0 Å². The van der Waals surface area contributed by atoms with Crippen LogP contribution in [0.25, 0.3) is 0 Å². The Labute approximate surface area is 101 Å². The Balaban J connectivity index is 2.32. The van der Waals surface area contributed by atoms with Gasteiger partial charge in [-0.2, -0.15) is 0 Å². The first-order valence-corrected chi connectivity index (χ1v) is 7.04. The normalized spacial score (nSPS) is 19.6. The summed E-state index contributed by atoms with van der Waals surface area (Å²) in [6.45, 7) is 0. The number of hydrogen-bond donors (Lipinski definition) is 2. The van der Waals surface area contributed by atoms with Crippen LogP contribution in [0.2, 0.25) is 0 Å². The predicted octanol–water partition coefficient (Wildman–Crippen LogP) is 3.23. The van der Waals surface area contributed by atoms with Crippen molar-refractivity contribution in [3.8, 4) is 5.75 Å². The first kappa shape index (κ1) is 11.8. The summed E-state index contributed by atoms with van der Waals surface area (Å²) in [6.07, 6.45) is 7.58. The molecule has 0 radical (unpaired) electrons. The van der Waals surface area contributed by atoms with E-state index in [1.807, 2.05) is 24.5 Å². The lowest BCUT2D eigenvalue weighted by atomic mass is 9.77. The number of hydrogen-bond acceptors (Lipinski definition) is 3. The minimum absolute atomic E-state index is 0.306. The molecule has 0 spiro atoms. The molecule has 0 aliphatic heterocycles. The van der Waals surface area contributed by atoms with Crippen molar-refractivity contribution >= 4 is 11.8 Å². The zero-order valence-corrected chi connectivity index (χ0v) is 10.5. The number of rotatable bonds is 2. The second-order valence-corrected chi connectivity index (χ2v) is 5.48. The van der Waals surface area contributed by atoms with Gasteiger partial charge in [-0.05, 0) is 31.2 Å². The maximum atomic E-state index is 10.0.